The number of rotatable bonds is 5. The van der Waals surface area contributed by atoms with Gasteiger partial charge in [0.15, 0.2) is 5.78 Å². The third-order valence-corrected chi connectivity index (χ3v) is 5.93. The minimum absolute atomic E-state index is 0.131. The molecule has 3 nitrogen and oxygen atoms in total. The van der Waals surface area contributed by atoms with E-state index in [0.717, 1.165) is 16.9 Å². The fourth-order valence-corrected chi connectivity index (χ4v) is 4.32. The largest absolute Gasteiger partial charge is 0.371 e. The first-order valence-electron chi connectivity index (χ1n) is 9.71. The Morgan fingerprint density at radius 2 is 1.80 bits per heavy atom. The van der Waals surface area contributed by atoms with E-state index in [1.54, 1.807) is 6.92 Å². The van der Waals surface area contributed by atoms with Gasteiger partial charge in [-0.2, -0.15) is 0 Å². The first-order chi connectivity index (χ1) is 12.2. The van der Waals surface area contributed by atoms with Crippen LogP contribution in [-0.4, -0.2) is 43.4 Å². The average molecular weight is 336 g/mol. The van der Waals surface area contributed by atoms with Crippen LogP contribution in [0.3, 0.4) is 0 Å². The first kappa shape index (κ1) is 16.6. The number of likely N-dealkylation sites (tertiary alicyclic amines) is 1. The molecule has 0 bridgehead atoms. The van der Waals surface area contributed by atoms with E-state index in [1.165, 1.54) is 69.5 Å². The molecule has 0 radical (unpaired) electrons. The highest BCUT2D eigenvalue weighted by atomic mass is 16.1. The van der Waals surface area contributed by atoms with Crippen molar-refractivity contribution < 1.29 is 4.79 Å². The molecule has 0 aliphatic carbocycles. The zero-order chi connectivity index (χ0) is 17.2. The third-order valence-electron chi connectivity index (χ3n) is 5.93. The van der Waals surface area contributed by atoms with Crippen molar-refractivity contribution in [3.05, 3.63) is 42.0 Å². The molecule has 2 saturated heterocycles. The fraction of sp³-hybridized carbons (Fsp3) is 0.500. The van der Waals surface area contributed by atoms with E-state index in [4.69, 9.17) is 0 Å². The van der Waals surface area contributed by atoms with E-state index >= 15 is 0 Å². The number of carbonyl (C=O) groups excluding carboxylic acids is 1. The molecular weight excluding hydrogens is 308 g/mol. The number of carbonyl (C=O) groups is 1. The molecule has 3 heteroatoms. The number of fused-ring (bicyclic) bond motifs is 1. The molecule has 2 aromatic rings. The van der Waals surface area contributed by atoms with Gasteiger partial charge >= 0.3 is 0 Å². The lowest BCUT2D eigenvalue weighted by molar-refractivity contribution is 0.101. The number of Topliss-reactive ketones (excluding diaryl/α,β-unsaturated/α-hetero) is 1. The van der Waals surface area contributed by atoms with E-state index in [1.807, 2.05) is 12.1 Å². The summed E-state index contributed by atoms with van der Waals surface area (Å²) in [5.41, 5.74) is 2.12. The second-order valence-corrected chi connectivity index (χ2v) is 7.74. The summed E-state index contributed by atoms with van der Waals surface area (Å²) in [7, 11) is 0. The Labute approximate surface area is 150 Å². The second-order valence-electron chi connectivity index (χ2n) is 7.74. The lowest BCUT2D eigenvalue weighted by Gasteiger charge is -2.21. The Hall–Kier alpha value is -1.87. The van der Waals surface area contributed by atoms with Gasteiger partial charge in [0.2, 0.25) is 0 Å². The van der Waals surface area contributed by atoms with Gasteiger partial charge in [-0.15, -0.1) is 0 Å². The predicted octanol–water partition coefficient (Wildman–Crippen LogP) is 4.35. The number of anilines is 1. The van der Waals surface area contributed by atoms with Crippen LogP contribution in [0.2, 0.25) is 0 Å². The second kappa shape index (κ2) is 7.17. The van der Waals surface area contributed by atoms with Gasteiger partial charge in [-0.3, -0.25) is 4.79 Å². The minimum Gasteiger partial charge on any atom is -0.371 e. The highest BCUT2D eigenvalue weighted by Gasteiger charge is 2.24. The number of ketones is 1. The normalized spacial score (nSPS) is 21.3. The van der Waals surface area contributed by atoms with Gasteiger partial charge in [0.1, 0.15) is 0 Å². The molecule has 4 rings (SSSR count). The van der Waals surface area contributed by atoms with Gasteiger partial charge in [-0.05, 0) is 87.1 Å². The van der Waals surface area contributed by atoms with Gasteiger partial charge < -0.3 is 9.80 Å². The Morgan fingerprint density at radius 1 is 1.04 bits per heavy atom. The Morgan fingerprint density at radius 3 is 2.60 bits per heavy atom. The van der Waals surface area contributed by atoms with Crippen molar-refractivity contribution in [2.75, 3.05) is 37.6 Å². The zero-order valence-electron chi connectivity index (χ0n) is 15.2. The van der Waals surface area contributed by atoms with Gasteiger partial charge in [0.25, 0.3) is 0 Å². The topological polar surface area (TPSA) is 23.6 Å². The molecule has 2 aliphatic rings. The standard InChI is InChI=1S/C22H28N2O/c1-17(25)19-4-5-21-15-22(7-6-20(21)14-19)24-13-9-18(16-24)8-12-23-10-2-3-11-23/h4-7,14-15,18H,2-3,8-13,16H2,1H3. The Kier molecular flexibility index (Phi) is 4.76. The first-order valence-corrected chi connectivity index (χ1v) is 9.71. The van der Waals surface area contributed by atoms with Crippen LogP contribution in [0.15, 0.2) is 36.4 Å². The van der Waals surface area contributed by atoms with E-state index < -0.39 is 0 Å². The van der Waals surface area contributed by atoms with Crippen molar-refractivity contribution in [1.82, 2.24) is 4.90 Å². The molecule has 0 N–H and O–H groups in total. The smallest absolute Gasteiger partial charge is 0.159 e. The van der Waals surface area contributed by atoms with Gasteiger partial charge in [0, 0.05) is 24.3 Å². The van der Waals surface area contributed by atoms with Crippen molar-refractivity contribution in [2.24, 2.45) is 5.92 Å². The Bertz CT molecular complexity index is 764. The highest BCUT2D eigenvalue weighted by molar-refractivity contribution is 5.99. The summed E-state index contributed by atoms with van der Waals surface area (Å²) in [5, 5.41) is 2.38. The summed E-state index contributed by atoms with van der Waals surface area (Å²) in [4.78, 5) is 16.7. The third kappa shape index (κ3) is 3.72. The molecule has 0 aromatic heterocycles. The molecule has 2 heterocycles. The summed E-state index contributed by atoms with van der Waals surface area (Å²) in [6.45, 7) is 7.88. The number of hydrogen-bond acceptors (Lipinski definition) is 3. The SMILES string of the molecule is CC(=O)c1ccc2cc(N3CCC(CCN4CCCC4)C3)ccc2c1. The molecule has 1 unspecified atom stereocenters. The van der Waals surface area contributed by atoms with E-state index in [-0.39, 0.29) is 5.78 Å². The van der Waals surface area contributed by atoms with Crippen molar-refractivity contribution in [1.29, 1.82) is 0 Å². The summed E-state index contributed by atoms with van der Waals surface area (Å²) < 4.78 is 0. The van der Waals surface area contributed by atoms with Crippen molar-refractivity contribution in [2.45, 2.75) is 32.6 Å². The summed E-state index contributed by atoms with van der Waals surface area (Å²) >= 11 is 0. The van der Waals surface area contributed by atoms with Crippen LogP contribution in [0.25, 0.3) is 10.8 Å². The highest BCUT2D eigenvalue weighted by Crippen LogP contribution is 2.29. The maximum Gasteiger partial charge on any atom is 0.159 e. The van der Waals surface area contributed by atoms with Gasteiger partial charge in [-0.1, -0.05) is 18.2 Å². The summed E-state index contributed by atoms with van der Waals surface area (Å²) in [5.74, 6) is 0.961. The van der Waals surface area contributed by atoms with Crippen LogP contribution in [0, 0.1) is 5.92 Å². The Balaban J connectivity index is 1.41. The molecule has 25 heavy (non-hydrogen) atoms. The molecular formula is C22H28N2O. The molecule has 0 spiro atoms. The van der Waals surface area contributed by atoms with Crippen LogP contribution in [0.5, 0.6) is 0 Å². The van der Waals surface area contributed by atoms with Crippen LogP contribution in [0.4, 0.5) is 5.69 Å². The van der Waals surface area contributed by atoms with Crippen molar-refractivity contribution in [3.63, 3.8) is 0 Å². The molecule has 2 aliphatic heterocycles. The van der Waals surface area contributed by atoms with Crippen molar-refractivity contribution in [3.8, 4) is 0 Å². The lowest BCUT2D eigenvalue weighted by Crippen LogP contribution is -2.24. The lowest BCUT2D eigenvalue weighted by atomic mass is 10.0. The van der Waals surface area contributed by atoms with E-state index in [2.05, 4.69) is 34.1 Å². The number of nitrogens with zero attached hydrogens (tertiary/aromatic N) is 2. The van der Waals surface area contributed by atoms with Crippen LogP contribution < -0.4 is 4.90 Å². The molecule has 0 saturated carbocycles. The quantitative estimate of drug-likeness (QED) is 0.758. The monoisotopic (exact) mass is 336 g/mol. The number of benzene rings is 2. The van der Waals surface area contributed by atoms with Crippen molar-refractivity contribution >= 4 is 22.2 Å². The molecule has 1 atom stereocenters. The minimum atomic E-state index is 0.131. The van der Waals surface area contributed by atoms with Crippen LogP contribution >= 0.6 is 0 Å². The fourth-order valence-electron chi connectivity index (χ4n) is 4.32. The maximum absolute atomic E-state index is 11.5. The van der Waals surface area contributed by atoms with Gasteiger partial charge in [0.05, 0.1) is 0 Å². The molecule has 132 valence electrons. The predicted molar refractivity (Wildman–Crippen MR) is 105 cm³/mol. The van der Waals surface area contributed by atoms with Crippen LogP contribution in [0.1, 0.15) is 43.0 Å². The van der Waals surface area contributed by atoms with E-state index in [0.29, 0.717) is 0 Å². The summed E-state index contributed by atoms with van der Waals surface area (Å²) in [6, 6.07) is 12.7. The molecule has 2 aromatic carbocycles. The van der Waals surface area contributed by atoms with E-state index in [9.17, 15) is 4.79 Å². The molecule has 2 fully saturated rings. The van der Waals surface area contributed by atoms with Crippen LogP contribution in [-0.2, 0) is 0 Å². The van der Waals surface area contributed by atoms with Gasteiger partial charge in [-0.25, -0.2) is 0 Å². The average Bonchev–Trinajstić information content (AvgIpc) is 3.30. The molecule has 0 amide bonds. The number of hydrogen-bond donors (Lipinski definition) is 0. The summed E-state index contributed by atoms with van der Waals surface area (Å²) in [6.07, 6.45) is 5.43. The zero-order valence-corrected chi connectivity index (χ0v) is 15.2. The maximum atomic E-state index is 11.5.